The summed E-state index contributed by atoms with van der Waals surface area (Å²) in [5, 5.41) is 20.6. The molecule has 0 spiro atoms. The number of nitrogens with zero attached hydrogens (tertiary/aromatic N) is 2. The molecule has 1 unspecified atom stereocenters. The van der Waals surface area contributed by atoms with Crippen LogP contribution in [0.4, 0.5) is 4.79 Å². The Balaban J connectivity index is 1.58. The zero-order valence-corrected chi connectivity index (χ0v) is 18.7. The van der Waals surface area contributed by atoms with E-state index in [1.165, 1.54) is 5.69 Å². The Labute approximate surface area is 190 Å². The molecule has 2 aromatic heterocycles. The van der Waals surface area contributed by atoms with E-state index in [0.29, 0.717) is 17.7 Å². The molecule has 9 nitrogen and oxygen atoms in total. The maximum absolute atomic E-state index is 12.5. The number of H-pyrrole nitrogens is 1. The zero-order chi connectivity index (χ0) is 23.3. The number of methoxy groups -OCH3 is 1. The van der Waals surface area contributed by atoms with Crippen molar-refractivity contribution < 1.29 is 24.5 Å². The molecule has 3 N–H and O–H groups in total. The average Bonchev–Trinajstić information content (AvgIpc) is 3.30. The van der Waals surface area contributed by atoms with Crippen molar-refractivity contribution in [3.63, 3.8) is 0 Å². The molecule has 3 heterocycles. The van der Waals surface area contributed by atoms with Crippen LogP contribution in [0.2, 0.25) is 0 Å². The van der Waals surface area contributed by atoms with Crippen LogP contribution < -0.4 is 10.3 Å². The summed E-state index contributed by atoms with van der Waals surface area (Å²) in [5.41, 5.74) is 4.51. The Kier molecular flexibility index (Phi) is 5.38. The van der Waals surface area contributed by atoms with E-state index in [0.717, 1.165) is 60.9 Å². The second-order valence-corrected chi connectivity index (χ2v) is 8.85. The van der Waals surface area contributed by atoms with Crippen molar-refractivity contribution in [3.8, 4) is 22.8 Å². The smallest absolute Gasteiger partial charge is 0.504 e. The minimum absolute atomic E-state index is 0.284. The van der Waals surface area contributed by atoms with E-state index in [1.54, 1.807) is 7.11 Å². The van der Waals surface area contributed by atoms with E-state index < -0.39 is 23.2 Å². The van der Waals surface area contributed by atoms with Gasteiger partial charge in [0, 0.05) is 61.5 Å². The minimum Gasteiger partial charge on any atom is -0.504 e. The molecule has 5 rings (SSSR count). The molecule has 174 valence electrons. The monoisotopic (exact) mass is 453 g/mol. The number of hydrogen-bond acceptors (Lipinski definition) is 6. The second kappa shape index (κ2) is 8.24. The van der Waals surface area contributed by atoms with E-state index in [1.807, 2.05) is 6.07 Å². The summed E-state index contributed by atoms with van der Waals surface area (Å²) in [4.78, 5) is 28.6. The second-order valence-electron chi connectivity index (χ2n) is 8.85. The fourth-order valence-corrected chi connectivity index (χ4v) is 5.16. The van der Waals surface area contributed by atoms with Crippen LogP contribution in [0.25, 0.3) is 22.2 Å². The molecule has 0 radical (unpaired) electrons. The van der Waals surface area contributed by atoms with Gasteiger partial charge in [0.15, 0.2) is 5.75 Å². The van der Waals surface area contributed by atoms with Crippen LogP contribution in [-0.4, -0.2) is 57.1 Å². The maximum Gasteiger partial charge on any atom is 0.511 e. The first-order valence-corrected chi connectivity index (χ1v) is 11.1. The molecule has 1 aliphatic heterocycles. The standard InChI is InChI=1S/C24H27N3O6/c1-26-15(11-27-7-6-16(12-27)32-2)8-14-9-18-13(10-19(14)26)4-3-5-17-20(18)25-23(29)22(21(17)28)33-24(30)31/h8-10,16H,3-7,11-12H2,1-2H3,(H,30,31)(H2,25,28,29). The molecule has 0 bridgehead atoms. The molecule has 1 saturated heterocycles. The van der Waals surface area contributed by atoms with E-state index >= 15 is 0 Å². The summed E-state index contributed by atoms with van der Waals surface area (Å²) in [7, 11) is 3.83. The summed E-state index contributed by atoms with van der Waals surface area (Å²) in [6.45, 7) is 2.76. The zero-order valence-electron chi connectivity index (χ0n) is 18.7. The predicted molar refractivity (Wildman–Crippen MR) is 122 cm³/mol. The Morgan fingerprint density at radius 3 is 2.82 bits per heavy atom. The molecule has 0 saturated carbocycles. The van der Waals surface area contributed by atoms with Crippen molar-refractivity contribution in [2.24, 2.45) is 7.05 Å². The molecule has 1 aromatic carbocycles. The third-order valence-electron chi connectivity index (χ3n) is 6.89. The number of carbonyl (C=O) groups is 1. The fourth-order valence-electron chi connectivity index (χ4n) is 5.16. The highest BCUT2D eigenvalue weighted by molar-refractivity contribution is 5.89. The van der Waals surface area contributed by atoms with Crippen molar-refractivity contribution in [2.45, 2.75) is 38.3 Å². The van der Waals surface area contributed by atoms with E-state index in [4.69, 9.17) is 9.84 Å². The number of nitrogens with one attached hydrogen (secondary N) is 1. The fraction of sp³-hybridized carbons (Fsp3) is 0.417. The summed E-state index contributed by atoms with van der Waals surface area (Å²) in [6.07, 6.45) is 1.71. The lowest BCUT2D eigenvalue weighted by molar-refractivity contribution is 0.107. The third kappa shape index (κ3) is 3.77. The highest BCUT2D eigenvalue weighted by Gasteiger charge is 2.26. The number of likely N-dealkylation sites (tertiary alicyclic amines) is 1. The molecule has 2 aliphatic rings. The molecule has 1 fully saturated rings. The van der Waals surface area contributed by atoms with Crippen LogP contribution in [0.5, 0.6) is 11.5 Å². The van der Waals surface area contributed by atoms with Gasteiger partial charge in [-0.05, 0) is 49.4 Å². The number of rotatable bonds is 4. The summed E-state index contributed by atoms with van der Waals surface area (Å²) in [5.74, 6) is -0.979. The number of aromatic nitrogens is 2. The normalized spacial score (nSPS) is 18.2. The molecular formula is C24H27N3O6. The van der Waals surface area contributed by atoms with Gasteiger partial charge in [-0.15, -0.1) is 0 Å². The Morgan fingerprint density at radius 2 is 2.09 bits per heavy atom. The predicted octanol–water partition coefficient (Wildman–Crippen LogP) is 3.01. The van der Waals surface area contributed by atoms with Gasteiger partial charge in [0.1, 0.15) is 0 Å². The first-order chi connectivity index (χ1) is 15.9. The quantitative estimate of drug-likeness (QED) is 0.520. The van der Waals surface area contributed by atoms with Gasteiger partial charge in [0.25, 0.3) is 5.56 Å². The molecule has 9 heteroatoms. The van der Waals surface area contributed by atoms with Gasteiger partial charge in [-0.25, -0.2) is 4.79 Å². The van der Waals surface area contributed by atoms with E-state index in [-0.39, 0.29) is 6.10 Å². The van der Waals surface area contributed by atoms with Gasteiger partial charge in [0.2, 0.25) is 5.75 Å². The summed E-state index contributed by atoms with van der Waals surface area (Å²) < 4.78 is 12.2. The SMILES string of the molecule is COC1CCN(Cc2cc3cc4c(cc3n2C)CCCc2c-4[nH]c(=O)c(OC(=O)O)c2O)C1. The minimum atomic E-state index is -1.64. The van der Waals surface area contributed by atoms with Crippen molar-refractivity contribution >= 4 is 17.1 Å². The number of carboxylic acid groups (broad SMARTS) is 1. The largest absolute Gasteiger partial charge is 0.511 e. The van der Waals surface area contributed by atoms with Gasteiger partial charge < -0.3 is 29.2 Å². The number of pyridine rings is 1. The number of fused-ring (bicyclic) bond motifs is 4. The van der Waals surface area contributed by atoms with Crippen LogP contribution in [0.3, 0.4) is 0 Å². The van der Waals surface area contributed by atoms with Crippen LogP contribution in [0, 0.1) is 0 Å². The molecule has 1 aliphatic carbocycles. The van der Waals surface area contributed by atoms with Crippen molar-refractivity contribution in [1.29, 1.82) is 0 Å². The Morgan fingerprint density at radius 1 is 1.27 bits per heavy atom. The maximum atomic E-state index is 12.5. The highest BCUT2D eigenvalue weighted by Crippen LogP contribution is 2.40. The van der Waals surface area contributed by atoms with Crippen LogP contribution in [0.15, 0.2) is 23.0 Å². The molecule has 1 atom stereocenters. The average molecular weight is 453 g/mol. The van der Waals surface area contributed by atoms with E-state index in [9.17, 15) is 14.7 Å². The number of aryl methyl sites for hydroxylation is 2. The number of hydrogen-bond donors (Lipinski definition) is 3. The Bertz CT molecular complexity index is 1310. The van der Waals surface area contributed by atoms with Gasteiger partial charge >= 0.3 is 6.16 Å². The first kappa shape index (κ1) is 21.5. The molecule has 33 heavy (non-hydrogen) atoms. The van der Waals surface area contributed by atoms with Crippen LogP contribution >= 0.6 is 0 Å². The first-order valence-electron chi connectivity index (χ1n) is 11.1. The summed E-state index contributed by atoms with van der Waals surface area (Å²) >= 11 is 0. The lowest BCUT2D eigenvalue weighted by Gasteiger charge is -2.16. The van der Waals surface area contributed by atoms with E-state index in [2.05, 4.69) is 38.4 Å². The third-order valence-corrected chi connectivity index (χ3v) is 6.89. The topological polar surface area (TPSA) is 117 Å². The molecule has 0 amide bonds. The lowest BCUT2D eigenvalue weighted by atomic mass is 9.99. The van der Waals surface area contributed by atoms with Gasteiger partial charge in [0.05, 0.1) is 11.8 Å². The van der Waals surface area contributed by atoms with Crippen LogP contribution in [-0.2, 0) is 31.2 Å². The van der Waals surface area contributed by atoms with Crippen molar-refractivity contribution in [2.75, 3.05) is 20.2 Å². The summed E-state index contributed by atoms with van der Waals surface area (Å²) in [6, 6.07) is 6.37. The Hall–Kier alpha value is -3.30. The van der Waals surface area contributed by atoms with Gasteiger partial charge in [-0.3, -0.25) is 9.69 Å². The number of ether oxygens (including phenoxy) is 2. The lowest BCUT2D eigenvalue weighted by Crippen LogP contribution is -2.23. The van der Waals surface area contributed by atoms with Crippen LogP contribution in [0.1, 0.15) is 29.7 Å². The number of aromatic amines is 1. The molecular weight excluding hydrogens is 426 g/mol. The number of aromatic hydroxyl groups is 1. The van der Waals surface area contributed by atoms with Crippen molar-refractivity contribution in [3.05, 3.63) is 45.4 Å². The van der Waals surface area contributed by atoms with Crippen molar-refractivity contribution in [1.82, 2.24) is 14.5 Å². The van der Waals surface area contributed by atoms with Gasteiger partial charge in [-0.2, -0.15) is 0 Å². The highest BCUT2D eigenvalue weighted by atomic mass is 16.7. The molecule has 3 aromatic rings. The number of benzene rings is 1. The van der Waals surface area contributed by atoms with Gasteiger partial charge in [-0.1, -0.05) is 0 Å².